The first-order chi connectivity index (χ1) is 5.16. The minimum absolute atomic E-state index is 0. The van der Waals surface area contributed by atoms with Gasteiger partial charge in [0.05, 0.1) is 6.10 Å². The van der Waals surface area contributed by atoms with Gasteiger partial charge in [-0.1, -0.05) is 6.92 Å². The van der Waals surface area contributed by atoms with Crippen LogP contribution in [0, 0.1) is 5.92 Å². The Kier molecular flexibility index (Phi) is 4.52. The van der Waals surface area contributed by atoms with Gasteiger partial charge in [-0.25, -0.2) is 0 Å². The first-order valence-corrected chi connectivity index (χ1v) is 3.81. The maximum Gasteiger partial charge on any atom is 0.321 e. The predicted molar refractivity (Wildman–Crippen MR) is 46.5 cm³/mol. The van der Waals surface area contributed by atoms with Gasteiger partial charge < -0.3 is 15.5 Å². The maximum absolute atomic E-state index is 10.5. The van der Waals surface area contributed by atoms with E-state index in [0.717, 1.165) is 0 Å². The summed E-state index contributed by atoms with van der Waals surface area (Å²) in [5, 5.41) is 20.7. The largest absolute Gasteiger partial charge is 0.480 e. The highest BCUT2D eigenvalue weighted by molar-refractivity contribution is 5.85. The molecule has 0 saturated carbocycles. The predicted octanol–water partition coefficient (Wildman–Crippen LogP) is -0.148. The van der Waals surface area contributed by atoms with Crippen molar-refractivity contribution in [1.29, 1.82) is 0 Å². The second kappa shape index (κ2) is 4.64. The van der Waals surface area contributed by atoms with Crippen LogP contribution in [0.15, 0.2) is 0 Å². The Bertz CT molecular complexity index is 165. The van der Waals surface area contributed by atoms with Crippen LogP contribution in [0.3, 0.4) is 0 Å². The van der Waals surface area contributed by atoms with Crippen molar-refractivity contribution in [2.75, 3.05) is 6.54 Å². The van der Waals surface area contributed by atoms with Crippen molar-refractivity contribution >= 4 is 18.4 Å². The molecule has 1 rings (SSSR count). The molecule has 0 aromatic carbocycles. The van der Waals surface area contributed by atoms with Crippen LogP contribution < -0.4 is 5.32 Å². The number of hydrogen-bond donors (Lipinski definition) is 3. The van der Waals surface area contributed by atoms with Gasteiger partial charge in [0.15, 0.2) is 0 Å². The number of aliphatic hydroxyl groups is 1. The van der Waals surface area contributed by atoms with Crippen LogP contribution in [0.25, 0.3) is 0 Å². The Morgan fingerprint density at radius 3 is 2.58 bits per heavy atom. The Labute approximate surface area is 77.4 Å². The molecule has 0 aromatic heterocycles. The van der Waals surface area contributed by atoms with Gasteiger partial charge in [0.1, 0.15) is 6.04 Å². The fraction of sp³-hybridized carbons (Fsp3) is 0.857. The van der Waals surface area contributed by atoms with Gasteiger partial charge in [-0.05, 0) is 6.42 Å². The van der Waals surface area contributed by atoms with Crippen LogP contribution in [-0.4, -0.2) is 34.9 Å². The summed E-state index contributed by atoms with van der Waals surface area (Å²) in [6, 6.07) is -0.560. The minimum Gasteiger partial charge on any atom is -0.480 e. The van der Waals surface area contributed by atoms with Crippen LogP contribution in [0.1, 0.15) is 13.3 Å². The lowest BCUT2D eigenvalue weighted by molar-refractivity contribution is -0.140. The molecule has 0 bridgehead atoms. The average molecular weight is 196 g/mol. The molecule has 1 saturated heterocycles. The van der Waals surface area contributed by atoms with Crippen LogP contribution >= 0.6 is 12.4 Å². The Hall–Kier alpha value is -0.320. The maximum atomic E-state index is 10.5. The van der Waals surface area contributed by atoms with E-state index in [1.54, 1.807) is 0 Å². The van der Waals surface area contributed by atoms with E-state index >= 15 is 0 Å². The molecule has 0 aliphatic carbocycles. The number of carbonyl (C=O) groups is 1. The van der Waals surface area contributed by atoms with E-state index in [0.29, 0.717) is 13.0 Å². The van der Waals surface area contributed by atoms with Gasteiger partial charge in [0, 0.05) is 12.5 Å². The fourth-order valence-corrected chi connectivity index (χ4v) is 1.55. The highest BCUT2D eigenvalue weighted by Gasteiger charge is 2.37. The number of hydrogen-bond acceptors (Lipinski definition) is 3. The fourth-order valence-electron chi connectivity index (χ4n) is 1.55. The third-order valence-electron chi connectivity index (χ3n) is 2.21. The summed E-state index contributed by atoms with van der Waals surface area (Å²) in [6.45, 7) is 2.28. The zero-order chi connectivity index (χ0) is 8.43. The summed E-state index contributed by atoms with van der Waals surface area (Å²) in [7, 11) is 0. The second-order valence-electron chi connectivity index (χ2n) is 2.86. The molecule has 0 spiro atoms. The van der Waals surface area contributed by atoms with Gasteiger partial charge >= 0.3 is 5.97 Å². The van der Waals surface area contributed by atoms with E-state index in [1.165, 1.54) is 0 Å². The molecule has 0 unspecified atom stereocenters. The molecular weight excluding hydrogens is 182 g/mol. The first-order valence-electron chi connectivity index (χ1n) is 3.81. The van der Waals surface area contributed by atoms with Gasteiger partial charge in [-0.15, -0.1) is 12.4 Å². The van der Waals surface area contributed by atoms with E-state index in [2.05, 4.69) is 5.32 Å². The topological polar surface area (TPSA) is 69.6 Å². The number of halogens is 1. The monoisotopic (exact) mass is 195 g/mol. The van der Waals surface area contributed by atoms with Crippen molar-refractivity contribution in [3.8, 4) is 0 Å². The number of carboxylic acid groups (broad SMARTS) is 1. The molecule has 1 aliphatic heterocycles. The van der Waals surface area contributed by atoms with Crippen LogP contribution in [-0.2, 0) is 4.79 Å². The summed E-state index contributed by atoms with van der Waals surface area (Å²) in [5.41, 5.74) is 0. The van der Waals surface area contributed by atoms with E-state index in [-0.39, 0.29) is 18.3 Å². The van der Waals surface area contributed by atoms with Crippen LogP contribution in [0.4, 0.5) is 0 Å². The zero-order valence-electron chi connectivity index (χ0n) is 6.86. The molecule has 1 heterocycles. The molecule has 0 amide bonds. The number of aliphatic carboxylic acids is 1. The number of aliphatic hydroxyl groups excluding tert-OH is 1. The average Bonchev–Trinajstić information content (AvgIpc) is 2.30. The zero-order valence-corrected chi connectivity index (χ0v) is 7.67. The number of nitrogens with one attached hydrogen (secondary N) is 1. The summed E-state index contributed by atoms with van der Waals surface area (Å²) in [4.78, 5) is 10.5. The summed E-state index contributed by atoms with van der Waals surface area (Å²) < 4.78 is 0. The van der Waals surface area contributed by atoms with Gasteiger partial charge in [0.25, 0.3) is 0 Å². The van der Waals surface area contributed by atoms with Gasteiger partial charge in [-0.3, -0.25) is 4.79 Å². The second-order valence-corrected chi connectivity index (χ2v) is 2.86. The Balaban J connectivity index is 0.00000121. The summed E-state index contributed by atoms with van der Waals surface area (Å²) >= 11 is 0. The third kappa shape index (κ3) is 2.09. The molecule has 0 aromatic rings. The lowest BCUT2D eigenvalue weighted by atomic mass is 9.96. The molecule has 3 atom stereocenters. The molecule has 5 heteroatoms. The highest BCUT2D eigenvalue weighted by Crippen LogP contribution is 2.19. The number of rotatable bonds is 2. The van der Waals surface area contributed by atoms with Crippen LogP contribution in [0.5, 0.6) is 0 Å². The third-order valence-corrected chi connectivity index (χ3v) is 2.21. The van der Waals surface area contributed by atoms with Crippen molar-refractivity contribution in [3.05, 3.63) is 0 Å². The minimum atomic E-state index is -0.867. The lowest BCUT2D eigenvalue weighted by Gasteiger charge is -2.14. The lowest BCUT2D eigenvalue weighted by Crippen LogP contribution is -2.35. The van der Waals surface area contributed by atoms with E-state index in [1.807, 2.05) is 6.92 Å². The van der Waals surface area contributed by atoms with Gasteiger partial charge in [-0.2, -0.15) is 0 Å². The molecule has 1 aliphatic rings. The number of carboxylic acids is 1. The molecule has 4 nitrogen and oxygen atoms in total. The Morgan fingerprint density at radius 1 is 1.67 bits per heavy atom. The normalized spacial score (nSPS) is 34.3. The quantitative estimate of drug-likeness (QED) is 0.574. The SMILES string of the molecule is CC[C@H]1[C@@H](C(=O)O)NC[C@@H]1O.Cl. The van der Waals surface area contributed by atoms with E-state index in [9.17, 15) is 9.90 Å². The molecule has 0 radical (unpaired) electrons. The first kappa shape index (κ1) is 11.7. The van der Waals surface area contributed by atoms with Crippen molar-refractivity contribution in [2.24, 2.45) is 5.92 Å². The number of β-amino-alcohol motifs (C(OH)–C–C–N with tert-alkyl or cyclic N) is 1. The molecule has 3 N–H and O–H groups in total. The molecule has 12 heavy (non-hydrogen) atoms. The van der Waals surface area contributed by atoms with E-state index in [4.69, 9.17) is 5.11 Å². The highest BCUT2D eigenvalue weighted by atomic mass is 35.5. The smallest absolute Gasteiger partial charge is 0.321 e. The van der Waals surface area contributed by atoms with Crippen LogP contribution in [0.2, 0.25) is 0 Å². The van der Waals surface area contributed by atoms with Crippen molar-refractivity contribution in [1.82, 2.24) is 5.32 Å². The van der Waals surface area contributed by atoms with Gasteiger partial charge in [0.2, 0.25) is 0 Å². The summed E-state index contributed by atoms with van der Waals surface area (Å²) in [5.74, 6) is -0.999. The molecule has 1 fully saturated rings. The Morgan fingerprint density at radius 2 is 2.25 bits per heavy atom. The molecular formula is C7H14ClNO3. The van der Waals surface area contributed by atoms with E-state index < -0.39 is 18.1 Å². The molecule has 72 valence electrons. The van der Waals surface area contributed by atoms with Crippen molar-refractivity contribution < 1.29 is 15.0 Å². The van der Waals surface area contributed by atoms with Crippen molar-refractivity contribution in [2.45, 2.75) is 25.5 Å². The van der Waals surface area contributed by atoms with Crippen molar-refractivity contribution in [3.63, 3.8) is 0 Å². The summed E-state index contributed by atoms with van der Waals surface area (Å²) in [6.07, 6.45) is 0.201. The standard InChI is InChI=1S/C7H13NO3.ClH/c1-2-4-5(9)3-8-6(4)7(10)11;/h4-6,8-9H,2-3H2,1H3,(H,10,11);1H/t4-,5+,6+;/m1./s1.